The second-order valence-electron chi connectivity index (χ2n) is 4.15. The zero-order valence-corrected chi connectivity index (χ0v) is 10.3. The highest BCUT2D eigenvalue weighted by Crippen LogP contribution is 2.25. The van der Waals surface area contributed by atoms with E-state index >= 15 is 0 Å². The average Bonchev–Trinajstić information content (AvgIpc) is 2.33. The van der Waals surface area contributed by atoms with Gasteiger partial charge in [0, 0.05) is 31.2 Å². The van der Waals surface area contributed by atoms with Crippen molar-refractivity contribution in [3.05, 3.63) is 36.0 Å². The standard InChI is InChI=1S/C13H16N4/c1-9-11(16-13(14)17(2)3)7-6-10-5-4-8-15-12(9)10/h4-8H,1-3H3,(H2,14,16). The number of nitrogens with two attached hydrogens (primary N) is 1. The Kier molecular flexibility index (Phi) is 2.95. The van der Waals surface area contributed by atoms with Crippen LogP contribution in [0.2, 0.25) is 0 Å². The molecule has 0 unspecified atom stereocenters. The lowest BCUT2D eigenvalue weighted by atomic mass is 10.1. The molecule has 0 fully saturated rings. The Labute approximate surface area is 101 Å². The molecular formula is C13H16N4. The van der Waals surface area contributed by atoms with Gasteiger partial charge in [0.25, 0.3) is 0 Å². The molecule has 0 saturated heterocycles. The van der Waals surface area contributed by atoms with Crippen molar-refractivity contribution in [1.29, 1.82) is 0 Å². The van der Waals surface area contributed by atoms with Gasteiger partial charge in [0.1, 0.15) is 0 Å². The first kappa shape index (κ1) is 11.4. The first-order chi connectivity index (χ1) is 8.09. The molecule has 1 aromatic heterocycles. The summed E-state index contributed by atoms with van der Waals surface area (Å²) in [4.78, 5) is 10.5. The molecule has 17 heavy (non-hydrogen) atoms. The molecule has 0 aliphatic rings. The van der Waals surface area contributed by atoms with E-state index in [0.717, 1.165) is 22.2 Å². The number of aromatic nitrogens is 1. The van der Waals surface area contributed by atoms with Crippen molar-refractivity contribution < 1.29 is 0 Å². The zero-order valence-electron chi connectivity index (χ0n) is 10.3. The second kappa shape index (κ2) is 4.41. The molecule has 2 aromatic rings. The minimum Gasteiger partial charge on any atom is -0.370 e. The lowest BCUT2D eigenvalue weighted by Crippen LogP contribution is -2.29. The number of aryl methyl sites for hydroxylation is 1. The van der Waals surface area contributed by atoms with E-state index in [-0.39, 0.29) is 0 Å². The monoisotopic (exact) mass is 228 g/mol. The van der Waals surface area contributed by atoms with Crippen LogP contribution in [-0.2, 0) is 0 Å². The topological polar surface area (TPSA) is 54.5 Å². The molecule has 2 rings (SSSR count). The maximum atomic E-state index is 5.82. The van der Waals surface area contributed by atoms with E-state index < -0.39 is 0 Å². The van der Waals surface area contributed by atoms with E-state index in [2.05, 4.69) is 9.98 Å². The summed E-state index contributed by atoms with van der Waals surface area (Å²) in [5, 5.41) is 1.12. The van der Waals surface area contributed by atoms with Gasteiger partial charge in [0.05, 0.1) is 11.2 Å². The molecule has 0 atom stereocenters. The van der Waals surface area contributed by atoms with Gasteiger partial charge in [-0.05, 0) is 19.1 Å². The van der Waals surface area contributed by atoms with E-state index in [4.69, 9.17) is 5.73 Å². The number of rotatable bonds is 1. The highest BCUT2D eigenvalue weighted by Gasteiger charge is 2.04. The normalized spacial score (nSPS) is 11.8. The molecule has 1 aromatic carbocycles. The average molecular weight is 228 g/mol. The maximum absolute atomic E-state index is 5.82. The summed E-state index contributed by atoms with van der Waals surface area (Å²) in [6.07, 6.45) is 1.79. The van der Waals surface area contributed by atoms with E-state index in [9.17, 15) is 0 Å². The summed E-state index contributed by atoms with van der Waals surface area (Å²) < 4.78 is 0. The number of nitrogens with zero attached hydrogens (tertiary/aromatic N) is 3. The molecule has 0 radical (unpaired) electrons. The van der Waals surface area contributed by atoms with Gasteiger partial charge in [-0.2, -0.15) is 0 Å². The van der Waals surface area contributed by atoms with Crippen molar-refractivity contribution >= 4 is 22.5 Å². The van der Waals surface area contributed by atoms with Crippen LogP contribution in [-0.4, -0.2) is 29.9 Å². The Morgan fingerprint density at radius 2 is 2.06 bits per heavy atom. The van der Waals surface area contributed by atoms with E-state index in [1.54, 1.807) is 11.1 Å². The quantitative estimate of drug-likeness (QED) is 0.600. The van der Waals surface area contributed by atoms with Gasteiger partial charge in [-0.25, -0.2) is 4.99 Å². The molecule has 0 amide bonds. The van der Waals surface area contributed by atoms with E-state index in [1.807, 2.05) is 45.3 Å². The van der Waals surface area contributed by atoms with Gasteiger partial charge in [0.15, 0.2) is 5.96 Å². The van der Waals surface area contributed by atoms with Crippen LogP contribution >= 0.6 is 0 Å². The minimum atomic E-state index is 0.489. The summed E-state index contributed by atoms with van der Waals surface area (Å²) >= 11 is 0. The Morgan fingerprint density at radius 3 is 2.76 bits per heavy atom. The summed E-state index contributed by atoms with van der Waals surface area (Å²) in [5.41, 5.74) is 8.70. The van der Waals surface area contributed by atoms with Gasteiger partial charge in [-0.1, -0.05) is 12.1 Å². The van der Waals surface area contributed by atoms with E-state index in [0.29, 0.717) is 5.96 Å². The second-order valence-corrected chi connectivity index (χ2v) is 4.15. The number of guanidine groups is 1. The third kappa shape index (κ3) is 2.20. The number of benzene rings is 1. The van der Waals surface area contributed by atoms with Crippen LogP contribution in [0.15, 0.2) is 35.5 Å². The molecule has 0 saturated carbocycles. The third-order valence-electron chi connectivity index (χ3n) is 2.69. The number of hydrogen-bond acceptors (Lipinski definition) is 2. The fourth-order valence-electron chi connectivity index (χ4n) is 1.63. The van der Waals surface area contributed by atoms with Crippen LogP contribution in [0.25, 0.3) is 10.9 Å². The molecule has 4 nitrogen and oxygen atoms in total. The molecule has 1 heterocycles. The molecular weight excluding hydrogens is 212 g/mol. The molecule has 4 heteroatoms. The molecule has 2 N–H and O–H groups in total. The van der Waals surface area contributed by atoms with Gasteiger partial charge >= 0.3 is 0 Å². The minimum absolute atomic E-state index is 0.489. The van der Waals surface area contributed by atoms with Crippen molar-refractivity contribution in [2.24, 2.45) is 10.7 Å². The van der Waals surface area contributed by atoms with Crippen LogP contribution < -0.4 is 5.73 Å². The Hall–Kier alpha value is -2.10. The van der Waals surface area contributed by atoms with Gasteiger partial charge in [0.2, 0.25) is 0 Å². The summed E-state index contributed by atoms with van der Waals surface area (Å²) in [6, 6.07) is 7.95. The molecule has 0 aliphatic carbocycles. The van der Waals surface area contributed by atoms with Crippen LogP contribution in [0.1, 0.15) is 5.56 Å². The smallest absolute Gasteiger partial charge is 0.195 e. The van der Waals surface area contributed by atoms with Crippen molar-refractivity contribution in [3.63, 3.8) is 0 Å². The summed E-state index contributed by atoms with van der Waals surface area (Å²) in [6.45, 7) is 2.01. The first-order valence-electron chi connectivity index (χ1n) is 5.45. The van der Waals surface area contributed by atoms with Crippen molar-refractivity contribution in [2.45, 2.75) is 6.92 Å². The highest BCUT2D eigenvalue weighted by molar-refractivity contribution is 5.88. The fourth-order valence-corrected chi connectivity index (χ4v) is 1.63. The van der Waals surface area contributed by atoms with Gasteiger partial charge in [-0.3, -0.25) is 4.98 Å². The molecule has 0 aliphatic heterocycles. The van der Waals surface area contributed by atoms with E-state index in [1.165, 1.54) is 0 Å². The molecule has 88 valence electrons. The Balaban J connectivity index is 2.57. The largest absolute Gasteiger partial charge is 0.370 e. The number of aliphatic imine (C=N–C) groups is 1. The maximum Gasteiger partial charge on any atom is 0.195 e. The van der Waals surface area contributed by atoms with Crippen molar-refractivity contribution in [1.82, 2.24) is 9.88 Å². The van der Waals surface area contributed by atoms with Crippen LogP contribution in [0.4, 0.5) is 5.69 Å². The lowest BCUT2D eigenvalue weighted by Gasteiger charge is -2.11. The lowest BCUT2D eigenvalue weighted by molar-refractivity contribution is 0.614. The first-order valence-corrected chi connectivity index (χ1v) is 5.45. The van der Waals surface area contributed by atoms with Crippen LogP contribution in [0.3, 0.4) is 0 Å². The molecule has 0 bridgehead atoms. The third-order valence-corrected chi connectivity index (χ3v) is 2.69. The number of fused-ring (bicyclic) bond motifs is 1. The van der Waals surface area contributed by atoms with Crippen molar-refractivity contribution in [2.75, 3.05) is 14.1 Å². The Bertz CT molecular complexity index is 573. The summed E-state index contributed by atoms with van der Waals surface area (Å²) in [5.74, 6) is 0.489. The fraction of sp³-hybridized carbons (Fsp3) is 0.231. The number of hydrogen-bond donors (Lipinski definition) is 1. The predicted molar refractivity (Wildman–Crippen MR) is 71.4 cm³/mol. The highest BCUT2D eigenvalue weighted by atomic mass is 15.2. The van der Waals surface area contributed by atoms with Gasteiger partial charge in [-0.15, -0.1) is 0 Å². The van der Waals surface area contributed by atoms with Gasteiger partial charge < -0.3 is 10.6 Å². The number of pyridine rings is 1. The SMILES string of the molecule is Cc1c(/N=C(\N)N(C)C)ccc2cccnc12. The Morgan fingerprint density at radius 1 is 1.29 bits per heavy atom. The predicted octanol–water partition coefficient (Wildman–Crippen LogP) is 2.05. The molecule has 0 spiro atoms. The zero-order chi connectivity index (χ0) is 12.4. The van der Waals surface area contributed by atoms with Crippen molar-refractivity contribution in [3.8, 4) is 0 Å². The van der Waals surface area contributed by atoms with Crippen LogP contribution in [0, 0.1) is 6.92 Å². The summed E-state index contributed by atoms with van der Waals surface area (Å²) in [7, 11) is 3.74. The van der Waals surface area contributed by atoms with Crippen LogP contribution in [0.5, 0.6) is 0 Å².